The molecule has 6 N–H and O–H groups in total. The number of likely N-dealkylation sites (N-methyl/N-ethyl adjacent to an activating group) is 1. The number of rotatable bonds is 9. The van der Waals surface area contributed by atoms with Crippen molar-refractivity contribution >= 4 is 28.5 Å². The first-order valence-electron chi connectivity index (χ1n) is 21.5. The van der Waals surface area contributed by atoms with Gasteiger partial charge in [0.15, 0.2) is 5.60 Å². The predicted octanol–water partition coefficient (Wildman–Crippen LogP) is 2.74. The number of esters is 1. The summed E-state index contributed by atoms with van der Waals surface area (Å²) in [6.45, 7) is 8.16. The van der Waals surface area contributed by atoms with Gasteiger partial charge in [-0.1, -0.05) is 37.3 Å². The molecule has 2 saturated heterocycles. The van der Waals surface area contributed by atoms with Crippen molar-refractivity contribution in [1.82, 2.24) is 25.4 Å². The number of anilines is 1. The minimum absolute atomic E-state index is 0. The number of methoxy groups -OCH3 is 2. The van der Waals surface area contributed by atoms with Crippen molar-refractivity contribution in [1.29, 1.82) is 0 Å². The predicted molar refractivity (Wildman–Crippen MR) is 225 cm³/mol. The Balaban J connectivity index is 0.00000499. The van der Waals surface area contributed by atoms with Crippen LogP contribution in [-0.4, -0.2) is 138 Å². The van der Waals surface area contributed by atoms with Crippen LogP contribution >= 0.6 is 0 Å². The molecule has 321 valence electrons. The van der Waals surface area contributed by atoms with E-state index in [9.17, 15) is 20.1 Å². The summed E-state index contributed by atoms with van der Waals surface area (Å²) in [6, 6.07) is 11.1. The van der Waals surface area contributed by atoms with Crippen LogP contribution in [0.2, 0.25) is 0 Å². The smallest absolute Gasteiger partial charge is 0.322 e. The quantitative estimate of drug-likeness (QED) is 0.0810. The average molecular weight is 1040 g/mol. The first-order valence-corrected chi connectivity index (χ1v) is 21.5. The second-order valence-electron chi connectivity index (χ2n) is 18.7. The van der Waals surface area contributed by atoms with Gasteiger partial charge in [-0.15, -0.1) is 0 Å². The van der Waals surface area contributed by atoms with E-state index in [0.717, 1.165) is 33.4 Å². The molecule has 2 aromatic carbocycles. The number of para-hydroxylation sites is 1. The standard InChI is InChI=1S/C46H61N6O7.Ac/c1-7-43-15-10-19-52-21-16-44(37(43)52)31-22-32(35(58-5)23-34(31)50(4)38(44)46(57,39(43)53)40(54)48-18-11-17-47-3)45(41(55)59-6)25-28-24-42(2,56)27-51(26-28)20-14-30-29-12-8-9-13-33(29)49-36(30)45;/h8-10,12-13,15,22-23,28,37-39,47,49,53,56-57H,3,7,11,14,16-21,24-27H2,1-2,4-6H3,(H,48,54);/q-1;/t28?,37?,38?,39-,42+,43-,44?,45-,46+;/m1./s1. The minimum atomic E-state index is -2.22. The Hall–Kier alpha value is -2.54. The second kappa shape index (κ2) is 15.9. The molecule has 6 aliphatic rings. The number of piperidine rings is 1. The van der Waals surface area contributed by atoms with Crippen LogP contribution in [0.5, 0.6) is 5.75 Å². The van der Waals surface area contributed by atoms with Crippen LogP contribution in [0.3, 0.4) is 0 Å². The summed E-state index contributed by atoms with van der Waals surface area (Å²) in [7, 11) is 8.66. The minimum Gasteiger partial charge on any atom is -0.496 e. The van der Waals surface area contributed by atoms with Gasteiger partial charge < -0.3 is 45.3 Å². The van der Waals surface area contributed by atoms with Gasteiger partial charge in [-0.05, 0) is 87.7 Å². The molecule has 5 aliphatic heterocycles. The number of carbonyl (C=O) groups excluding carboxylic acids is 2. The zero-order chi connectivity index (χ0) is 41.7. The van der Waals surface area contributed by atoms with Crippen molar-refractivity contribution in [2.75, 3.05) is 72.0 Å². The monoisotopic (exact) mass is 1040 g/mol. The van der Waals surface area contributed by atoms with Crippen LogP contribution < -0.4 is 20.3 Å². The molecule has 2 bridgehead atoms. The van der Waals surface area contributed by atoms with Gasteiger partial charge in [-0.25, -0.2) is 0 Å². The zero-order valence-corrected chi connectivity index (χ0v) is 40.5. The number of aromatic amines is 1. The molecule has 10 atom stereocenters. The van der Waals surface area contributed by atoms with Gasteiger partial charge in [-0.2, -0.15) is 0 Å². The molecule has 3 aromatic rings. The normalized spacial score (nSPS) is 36.5. The van der Waals surface area contributed by atoms with Crippen LogP contribution in [0.15, 0.2) is 48.6 Å². The third kappa shape index (κ3) is 6.08. The molecule has 3 fully saturated rings. The Morgan fingerprint density at radius 1 is 1.07 bits per heavy atom. The summed E-state index contributed by atoms with van der Waals surface area (Å²) < 4.78 is 12.3. The fourth-order valence-electron chi connectivity index (χ4n) is 13.5. The molecule has 9 rings (SSSR count). The third-order valence-electron chi connectivity index (χ3n) is 15.5. The molecule has 1 saturated carbocycles. The van der Waals surface area contributed by atoms with Crippen molar-refractivity contribution < 1.29 is 78.4 Å². The number of benzene rings is 2. The average Bonchev–Trinajstić information content (AvgIpc) is 3.89. The number of carbonyl (C=O) groups is 2. The van der Waals surface area contributed by atoms with Crippen LogP contribution in [0.1, 0.15) is 68.3 Å². The number of ether oxygens (including phenoxy) is 2. The second-order valence-corrected chi connectivity index (χ2v) is 18.7. The Labute approximate surface area is 389 Å². The molecular weight excluding hydrogens is 976 g/mol. The topological polar surface area (TPSA) is 163 Å². The Morgan fingerprint density at radius 2 is 1.85 bits per heavy atom. The summed E-state index contributed by atoms with van der Waals surface area (Å²) in [4.78, 5) is 40.5. The van der Waals surface area contributed by atoms with E-state index in [1.807, 2.05) is 50.1 Å². The maximum absolute atomic E-state index is 15.3. The van der Waals surface area contributed by atoms with Crippen LogP contribution in [0.4, 0.5) is 5.69 Å². The van der Waals surface area contributed by atoms with E-state index in [0.29, 0.717) is 95.7 Å². The number of hydrogen-bond donors (Lipinski definition) is 6. The number of fused-ring (bicyclic) bond motifs is 6. The van der Waals surface area contributed by atoms with E-state index in [1.54, 1.807) is 7.11 Å². The molecule has 6 heterocycles. The largest absolute Gasteiger partial charge is 0.496 e. The van der Waals surface area contributed by atoms with Crippen molar-refractivity contribution in [2.45, 2.75) is 92.6 Å². The first kappa shape index (κ1) is 44.1. The van der Waals surface area contributed by atoms with Gasteiger partial charge in [0.05, 0.1) is 25.9 Å². The Kier molecular flexibility index (Phi) is 11.7. The van der Waals surface area contributed by atoms with E-state index in [2.05, 4.69) is 56.7 Å². The number of hydrogen-bond acceptors (Lipinski definition) is 11. The first-order chi connectivity index (χ1) is 28.3. The van der Waals surface area contributed by atoms with Crippen LogP contribution in [0.25, 0.3) is 10.9 Å². The molecule has 1 aliphatic carbocycles. The van der Waals surface area contributed by atoms with E-state index in [1.165, 1.54) is 7.11 Å². The zero-order valence-electron chi connectivity index (χ0n) is 35.7. The molecule has 1 spiro atoms. The van der Waals surface area contributed by atoms with Crippen LogP contribution in [0, 0.1) is 62.4 Å². The van der Waals surface area contributed by atoms with E-state index in [-0.39, 0.29) is 56.0 Å². The summed E-state index contributed by atoms with van der Waals surface area (Å²) in [5, 5.41) is 44.6. The Morgan fingerprint density at radius 3 is 2.58 bits per heavy atom. The van der Waals surface area contributed by atoms with Crippen molar-refractivity contribution in [3.8, 4) is 5.75 Å². The van der Waals surface area contributed by atoms with Crippen molar-refractivity contribution in [3.63, 3.8) is 0 Å². The number of aliphatic hydroxyl groups is 3. The van der Waals surface area contributed by atoms with Gasteiger partial charge >= 0.3 is 5.97 Å². The van der Waals surface area contributed by atoms with Gasteiger partial charge in [0.25, 0.3) is 5.91 Å². The van der Waals surface area contributed by atoms with Crippen molar-refractivity contribution in [3.05, 3.63) is 78.0 Å². The molecular formula is C46H61AcN6O7-. The maximum Gasteiger partial charge on any atom is 0.322 e. The maximum atomic E-state index is 15.3. The van der Waals surface area contributed by atoms with Gasteiger partial charge in [0.1, 0.15) is 17.3 Å². The Bertz CT molecular complexity index is 2200. The van der Waals surface area contributed by atoms with Crippen molar-refractivity contribution in [2.24, 2.45) is 11.3 Å². The fraction of sp³-hybridized carbons (Fsp3) is 0.587. The summed E-state index contributed by atoms with van der Waals surface area (Å²) >= 11 is 0. The van der Waals surface area contributed by atoms with Gasteiger partial charge in [0, 0.05) is 135 Å². The number of H-pyrrole nitrogens is 1. The summed E-state index contributed by atoms with van der Waals surface area (Å²) in [5.74, 6) is -0.634. The third-order valence-corrected chi connectivity index (χ3v) is 15.5. The number of nitrogens with zero attached hydrogens (tertiary/aromatic N) is 3. The molecule has 60 heavy (non-hydrogen) atoms. The molecule has 14 heteroatoms. The summed E-state index contributed by atoms with van der Waals surface area (Å²) in [5.41, 5.74) is -1.32. The molecule has 13 nitrogen and oxygen atoms in total. The SMILES string of the molecule is [Ac].[CH2-]NCCCNC(=O)[C@]1(O)C2N(C)c3cc(OC)c([C@]4(C(=O)OC)CC5CN(CCc6c4[nH]c4ccccc64)C[C@@](C)(O)C5)cc3C23CCN2CC=C[C@](CC)(C23)[C@H]1O. The number of aromatic nitrogens is 1. The molecule has 5 unspecified atom stereocenters. The fourth-order valence-corrected chi connectivity index (χ4v) is 13.5. The van der Waals surface area contributed by atoms with Gasteiger partial charge in [0.2, 0.25) is 0 Å². The molecule has 1 radical (unpaired) electrons. The number of amides is 1. The van der Waals surface area contributed by atoms with E-state index < -0.39 is 51.5 Å². The van der Waals surface area contributed by atoms with E-state index >= 15 is 4.79 Å². The number of aliphatic hydroxyl groups excluding tert-OH is 1. The molecule has 1 aromatic heterocycles. The molecule has 1 amide bonds. The van der Waals surface area contributed by atoms with E-state index in [4.69, 9.17) is 9.47 Å². The summed E-state index contributed by atoms with van der Waals surface area (Å²) in [6.07, 6.45) is 5.92. The number of nitrogens with one attached hydrogen (secondary N) is 3. The van der Waals surface area contributed by atoms with Crippen LogP contribution in [-0.2, 0) is 31.6 Å². The van der Waals surface area contributed by atoms with Gasteiger partial charge in [-0.3, -0.25) is 26.4 Å².